The standard InChI is InChI=1S/C19H21NO3S/c1-3-15-12(2)11-16(24-15)19(22)23-17(13-7-5-4-6-8-13)18(21)20-14-9-10-14/h4-8,11,14,17H,3,9-10H2,1-2H3,(H,20,21)/t17-/m0/s1. The summed E-state index contributed by atoms with van der Waals surface area (Å²) in [6, 6.07) is 11.2. The zero-order valence-corrected chi connectivity index (χ0v) is 14.7. The molecule has 1 heterocycles. The highest BCUT2D eigenvalue weighted by atomic mass is 32.1. The van der Waals surface area contributed by atoms with Crippen molar-refractivity contribution in [1.29, 1.82) is 0 Å². The predicted octanol–water partition coefficient (Wildman–Crippen LogP) is 3.80. The maximum absolute atomic E-state index is 12.5. The topological polar surface area (TPSA) is 55.4 Å². The molecular formula is C19H21NO3S. The number of benzene rings is 1. The van der Waals surface area contributed by atoms with Gasteiger partial charge >= 0.3 is 5.97 Å². The van der Waals surface area contributed by atoms with E-state index >= 15 is 0 Å². The van der Waals surface area contributed by atoms with Crippen molar-refractivity contribution in [3.63, 3.8) is 0 Å². The van der Waals surface area contributed by atoms with E-state index in [1.165, 1.54) is 16.2 Å². The van der Waals surface area contributed by atoms with Crippen LogP contribution in [0.5, 0.6) is 0 Å². The summed E-state index contributed by atoms with van der Waals surface area (Å²) in [5.41, 5.74) is 1.78. The third-order valence-corrected chi connectivity index (χ3v) is 5.39. The van der Waals surface area contributed by atoms with Gasteiger partial charge in [0.25, 0.3) is 5.91 Å². The molecule has 24 heavy (non-hydrogen) atoms. The maximum Gasteiger partial charge on any atom is 0.349 e. The molecule has 1 atom stereocenters. The average molecular weight is 343 g/mol. The van der Waals surface area contributed by atoms with Crippen molar-refractivity contribution in [2.24, 2.45) is 0 Å². The molecule has 1 amide bonds. The summed E-state index contributed by atoms with van der Waals surface area (Å²) < 4.78 is 5.59. The molecule has 0 radical (unpaired) electrons. The van der Waals surface area contributed by atoms with Crippen LogP contribution in [0, 0.1) is 6.92 Å². The first-order valence-electron chi connectivity index (χ1n) is 8.24. The van der Waals surface area contributed by atoms with Gasteiger partial charge in [-0.25, -0.2) is 4.79 Å². The summed E-state index contributed by atoms with van der Waals surface area (Å²) in [4.78, 5) is 26.7. The molecular weight excluding hydrogens is 322 g/mol. The van der Waals surface area contributed by atoms with E-state index in [0.29, 0.717) is 10.4 Å². The second-order valence-electron chi connectivity index (χ2n) is 6.05. The van der Waals surface area contributed by atoms with Crippen LogP contribution in [-0.4, -0.2) is 17.9 Å². The van der Waals surface area contributed by atoms with Crippen LogP contribution in [0.4, 0.5) is 0 Å². The summed E-state index contributed by atoms with van der Waals surface area (Å²) in [5.74, 6) is -0.691. The van der Waals surface area contributed by atoms with Gasteiger partial charge in [-0.2, -0.15) is 0 Å². The molecule has 0 spiro atoms. The van der Waals surface area contributed by atoms with Gasteiger partial charge in [-0.1, -0.05) is 37.3 Å². The van der Waals surface area contributed by atoms with Crippen molar-refractivity contribution in [3.05, 3.63) is 57.3 Å². The van der Waals surface area contributed by atoms with Gasteiger partial charge in [0.2, 0.25) is 6.10 Å². The normalized spacial score (nSPS) is 14.9. The van der Waals surface area contributed by atoms with Gasteiger partial charge in [0.1, 0.15) is 4.88 Å². The van der Waals surface area contributed by atoms with Crippen molar-refractivity contribution in [2.45, 2.75) is 45.3 Å². The molecule has 0 aliphatic heterocycles. The monoisotopic (exact) mass is 343 g/mol. The fourth-order valence-corrected chi connectivity index (χ4v) is 3.54. The first-order valence-corrected chi connectivity index (χ1v) is 9.05. The Kier molecular flexibility index (Phi) is 5.00. The molecule has 2 aromatic rings. The highest BCUT2D eigenvalue weighted by molar-refractivity contribution is 7.14. The number of rotatable bonds is 6. The van der Waals surface area contributed by atoms with Gasteiger partial charge in [0.15, 0.2) is 0 Å². The number of thiophene rings is 1. The number of carbonyl (C=O) groups is 2. The Morgan fingerprint density at radius 2 is 2.00 bits per heavy atom. The SMILES string of the molecule is CCc1sc(C(=O)O[C@H](C(=O)NC2CC2)c2ccccc2)cc1C. The summed E-state index contributed by atoms with van der Waals surface area (Å²) in [6.07, 6.45) is 1.96. The Morgan fingerprint density at radius 1 is 1.29 bits per heavy atom. The molecule has 1 aromatic carbocycles. The van der Waals surface area contributed by atoms with Crippen LogP contribution in [0.1, 0.15) is 51.5 Å². The lowest BCUT2D eigenvalue weighted by Crippen LogP contribution is -2.33. The number of ether oxygens (including phenoxy) is 1. The Labute approximate surface area is 145 Å². The number of esters is 1. The molecule has 0 saturated heterocycles. The molecule has 1 aliphatic rings. The van der Waals surface area contributed by atoms with Crippen molar-refractivity contribution < 1.29 is 14.3 Å². The molecule has 0 bridgehead atoms. The van der Waals surface area contributed by atoms with E-state index in [9.17, 15) is 9.59 Å². The molecule has 126 valence electrons. The molecule has 1 N–H and O–H groups in total. The highest BCUT2D eigenvalue weighted by Gasteiger charge is 2.31. The minimum absolute atomic E-state index is 0.220. The molecule has 3 rings (SSSR count). The quantitative estimate of drug-likeness (QED) is 0.812. The third-order valence-electron chi connectivity index (χ3n) is 4.03. The van der Waals surface area contributed by atoms with Crippen LogP contribution < -0.4 is 5.32 Å². The fourth-order valence-electron chi connectivity index (χ4n) is 2.54. The predicted molar refractivity (Wildman–Crippen MR) is 94.2 cm³/mol. The van der Waals surface area contributed by atoms with Crippen molar-refractivity contribution in [2.75, 3.05) is 0 Å². The lowest BCUT2D eigenvalue weighted by Gasteiger charge is -2.17. The average Bonchev–Trinajstić information content (AvgIpc) is 3.32. The molecule has 1 aromatic heterocycles. The Bertz CT molecular complexity index is 734. The molecule has 5 heteroatoms. The molecule has 4 nitrogen and oxygen atoms in total. The summed E-state index contributed by atoms with van der Waals surface area (Å²) in [5, 5.41) is 2.92. The molecule has 1 saturated carbocycles. The van der Waals surface area contributed by atoms with Gasteiger partial charge in [-0.15, -0.1) is 11.3 Å². The second-order valence-corrected chi connectivity index (χ2v) is 7.19. The second kappa shape index (κ2) is 7.18. The van der Waals surface area contributed by atoms with E-state index in [1.807, 2.05) is 43.3 Å². The zero-order valence-electron chi connectivity index (χ0n) is 13.9. The van der Waals surface area contributed by atoms with E-state index in [-0.39, 0.29) is 11.9 Å². The van der Waals surface area contributed by atoms with Crippen molar-refractivity contribution in [3.8, 4) is 0 Å². The first kappa shape index (κ1) is 16.7. The summed E-state index contributed by atoms with van der Waals surface area (Å²) in [6.45, 7) is 4.05. The van der Waals surface area contributed by atoms with Crippen molar-refractivity contribution >= 4 is 23.2 Å². The Balaban J connectivity index is 1.79. The highest BCUT2D eigenvalue weighted by Crippen LogP contribution is 2.27. The van der Waals surface area contributed by atoms with Gasteiger partial charge in [0, 0.05) is 16.5 Å². The van der Waals surface area contributed by atoms with Crippen LogP contribution in [0.25, 0.3) is 0 Å². The van der Waals surface area contributed by atoms with E-state index in [4.69, 9.17) is 4.74 Å². The van der Waals surface area contributed by atoms with Gasteiger partial charge in [-0.05, 0) is 37.8 Å². The van der Waals surface area contributed by atoms with Crippen LogP contribution in [-0.2, 0) is 16.0 Å². The number of aryl methyl sites for hydroxylation is 2. The molecule has 0 unspecified atom stereocenters. The number of nitrogens with one attached hydrogen (secondary N) is 1. The number of carbonyl (C=O) groups excluding carboxylic acids is 2. The van der Waals surface area contributed by atoms with Gasteiger partial charge in [0.05, 0.1) is 0 Å². The number of amides is 1. The Hall–Kier alpha value is -2.14. The van der Waals surface area contributed by atoms with Gasteiger partial charge < -0.3 is 10.1 Å². The molecule has 1 aliphatic carbocycles. The minimum Gasteiger partial charge on any atom is -0.443 e. The zero-order chi connectivity index (χ0) is 17.1. The van der Waals surface area contributed by atoms with Gasteiger partial charge in [-0.3, -0.25) is 4.79 Å². The van der Waals surface area contributed by atoms with Crippen LogP contribution in [0.3, 0.4) is 0 Å². The minimum atomic E-state index is -0.910. The van der Waals surface area contributed by atoms with Crippen molar-refractivity contribution in [1.82, 2.24) is 5.32 Å². The Morgan fingerprint density at radius 3 is 2.58 bits per heavy atom. The van der Waals surface area contributed by atoms with Crippen LogP contribution in [0.15, 0.2) is 36.4 Å². The molecule has 1 fully saturated rings. The largest absolute Gasteiger partial charge is 0.443 e. The third kappa shape index (κ3) is 3.85. The summed E-state index contributed by atoms with van der Waals surface area (Å²) >= 11 is 1.44. The fraction of sp³-hybridized carbons (Fsp3) is 0.368. The van der Waals surface area contributed by atoms with E-state index < -0.39 is 12.1 Å². The van der Waals surface area contributed by atoms with E-state index in [1.54, 1.807) is 0 Å². The summed E-state index contributed by atoms with van der Waals surface area (Å²) in [7, 11) is 0. The van der Waals surface area contributed by atoms with E-state index in [2.05, 4.69) is 12.2 Å². The smallest absolute Gasteiger partial charge is 0.349 e. The van der Waals surface area contributed by atoms with Crippen LogP contribution >= 0.6 is 11.3 Å². The maximum atomic E-state index is 12.5. The lowest BCUT2D eigenvalue weighted by atomic mass is 10.1. The van der Waals surface area contributed by atoms with Crippen LogP contribution in [0.2, 0.25) is 0 Å². The number of hydrogen-bond acceptors (Lipinski definition) is 4. The number of hydrogen-bond donors (Lipinski definition) is 1. The van der Waals surface area contributed by atoms with E-state index in [0.717, 1.165) is 24.8 Å². The lowest BCUT2D eigenvalue weighted by molar-refractivity contribution is -0.130. The first-order chi connectivity index (χ1) is 11.6.